The molecule has 14 nitrogen and oxygen atoms in total. The third-order valence-electron chi connectivity index (χ3n) is 12.4. The Morgan fingerprint density at radius 3 is 1.60 bits per heavy atom. The van der Waals surface area contributed by atoms with Crippen molar-refractivity contribution in [3.63, 3.8) is 0 Å². The first-order valence-electron chi connectivity index (χ1n) is 21.5. The van der Waals surface area contributed by atoms with Gasteiger partial charge in [0, 0.05) is 13.1 Å². The molecule has 2 fully saturated rings. The number of ether oxygens (including phenoxy) is 2. The van der Waals surface area contributed by atoms with Crippen LogP contribution < -0.4 is 10.6 Å². The Morgan fingerprint density at radius 2 is 1.10 bits per heavy atom. The van der Waals surface area contributed by atoms with Crippen LogP contribution in [0.1, 0.15) is 74.9 Å². The third-order valence-corrected chi connectivity index (χ3v) is 12.4. The average molecular weight is 847 g/mol. The van der Waals surface area contributed by atoms with Gasteiger partial charge >= 0.3 is 12.2 Å². The SMILES string of the molecule is COC(=O)NC(C(=O)N1CCCC1c1nc2ccc(-c3ccc4cc(-c5ccc6nc(C7CCCN7C(=O)C(NC(=O)OC)C(C)C)[nH]c6c5)ccc4c3)cc2[nH]1)c1ccccc1. The number of likely N-dealkylation sites (tertiary alicyclic amines) is 2. The Labute approximate surface area is 364 Å². The van der Waals surface area contributed by atoms with Gasteiger partial charge in [0.15, 0.2) is 0 Å². The van der Waals surface area contributed by atoms with E-state index >= 15 is 0 Å². The first-order chi connectivity index (χ1) is 30.6. The molecule has 2 aliphatic rings. The van der Waals surface area contributed by atoms with Crippen LogP contribution >= 0.6 is 0 Å². The molecule has 2 aromatic heterocycles. The second kappa shape index (κ2) is 17.3. The Balaban J connectivity index is 0.921. The summed E-state index contributed by atoms with van der Waals surface area (Å²) < 4.78 is 9.64. The zero-order chi connectivity index (χ0) is 43.8. The minimum atomic E-state index is -0.885. The summed E-state index contributed by atoms with van der Waals surface area (Å²) in [5.74, 6) is 0.996. The lowest BCUT2D eigenvalue weighted by molar-refractivity contribution is -0.135. The van der Waals surface area contributed by atoms with Crippen LogP contribution in [0.3, 0.4) is 0 Å². The van der Waals surface area contributed by atoms with Crippen molar-refractivity contribution in [3.8, 4) is 22.3 Å². The molecule has 2 saturated heterocycles. The van der Waals surface area contributed by atoms with Gasteiger partial charge in [0.1, 0.15) is 23.7 Å². The van der Waals surface area contributed by atoms with E-state index < -0.39 is 24.3 Å². The second-order valence-electron chi connectivity index (χ2n) is 16.7. The Morgan fingerprint density at radius 1 is 0.619 bits per heavy atom. The van der Waals surface area contributed by atoms with Crippen molar-refractivity contribution in [1.29, 1.82) is 0 Å². The van der Waals surface area contributed by atoms with E-state index in [1.165, 1.54) is 14.2 Å². The predicted octanol–water partition coefficient (Wildman–Crippen LogP) is 8.73. The normalized spacial score (nSPS) is 17.3. The molecule has 0 spiro atoms. The smallest absolute Gasteiger partial charge is 0.407 e. The molecule has 4 heterocycles. The number of amides is 4. The van der Waals surface area contributed by atoms with E-state index in [9.17, 15) is 19.2 Å². The summed E-state index contributed by atoms with van der Waals surface area (Å²) in [6, 6.07) is 32.4. The highest BCUT2D eigenvalue weighted by molar-refractivity contribution is 5.94. The van der Waals surface area contributed by atoms with Crippen molar-refractivity contribution in [2.24, 2.45) is 5.92 Å². The molecule has 4 amide bonds. The second-order valence-corrected chi connectivity index (χ2v) is 16.7. The lowest BCUT2D eigenvalue weighted by Gasteiger charge is -2.29. The summed E-state index contributed by atoms with van der Waals surface area (Å²) in [5, 5.41) is 7.65. The summed E-state index contributed by atoms with van der Waals surface area (Å²) in [6.45, 7) is 4.96. The van der Waals surface area contributed by atoms with E-state index in [0.717, 1.165) is 86.6 Å². The van der Waals surface area contributed by atoms with Gasteiger partial charge < -0.3 is 39.9 Å². The number of alkyl carbamates (subject to hydrolysis) is 2. The van der Waals surface area contributed by atoms with Gasteiger partial charge in [-0.05, 0) is 107 Å². The largest absolute Gasteiger partial charge is 0.453 e. The zero-order valence-corrected chi connectivity index (χ0v) is 35.7. The van der Waals surface area contributed by atoms with Gasteiger partial charge in [-0.1, -0.05) is 80.6 Å². The zero-order valence-electron chi connectivity index (χ0n) is 35.7. The quantitative estimate of drug-likeness (QED) is 0.106. The molecular weight excluding hydrogens is 797 g/mol. The first-order valence-corrected chi connectivity index (χ1v) is 21.5. The highest BCUT2D eigenvalue weighted by Crippen LogP contribution is 2.37. The lowest BCUT2D eigenvalue weighted by Crippen LogP contribution is -2.51. The number of aromatic amines is 2. The first kappa shape index (κ1) is 41.1. The van der Waals surface area contributed by atoms with Gasteiger partial charge in [0.05, 0.1) is 48.4 Å². The van der Waals surface area contributed by atoms with Crippen LogP contribution in [0.25, 0.3) is 55.1 Å². The maximum Gasteiger partial charge on any atom is 0.407 e. The molecule has 2 aliphatic heterocycles. The minimum Gasteiger partial charge on any atom is -0.453 e. The molecule has 63 heavy (non-hydrogen) atoms. The van der Waals surface area contributed by atoms with Gasteiger partial charge in [0.2, 0.25) is 5.91 Å². The van der Waals surface area contributed by atoms with Gasteiger partial charge in [-0.25, -0.2) is 19.6 Å². The number of hydrogen-bond donors (Lipinski definition) is 4. The fourth-order valence-corrected chi connectivity index (χ4v) is 9.12. The molecule has 4 N–H and O–H groups in total. The molecule has 9 rings (SSSR count). The third kappa shape index (κ3) is 8.16. The van der Waals surface area contributed by atoms with Gasteiger partial charge in [-0.2, -0.15) is 0 Å². The number of carbonyl (C=O) groups excluding carboxylic acids is 4. The number of nitrogens with one attached hydrogen (secondary N) is 4. The molecule has 14 heteroatoms. The van der Waals surface area contributed by atoms with Crippen molar-refractivity contribution in [3.05, 3.63) is 120 Å². The number of fused-ring (bicyclic) bond motifs is 3. The van der Waals surface area contributed by atoms with Crippen molar-refractivity contribution >= 4 is 56.8 Å². The maximum atomic E-state index is 14.0. The number of imidazole rings is 2. The molecule has 0 aliphatic carbocycles. The highest BCUT2D eigenvalue weighted by Gasteiger charge is 2.39. The number of benzene rings is 5. The summed E-state index contributed by atoms with van der Waals surface area (Å²) in [7, 11) is 2.58. The monoisotopic (exact) mass is 846 g/mol. The number of methoxy groups -OCH3 is 2. The van der Waals surface area contributed by atoms with E-state index in [-0.39, 0.29) is 29.8 Å². The number of H-pyrrole nitrogens is 2. The molecule has 0 saturated carbocycles. The molecule has 7 aromatic rings. The molecule has 4 atom stereocenters. The van der Waals surface area contributed by atoms with Crippen LogP contribution in [0.2, 0.25) is 0 Å². The van der Waals surface area contributed by atoms with Crippen LogP contribution in [0.15, 0.2) is 103 Å². The highest BCUT2D eigenvalue weighted by atomic mass is 16.5. The lowest BCUT2D eigenvalue weighted by atomic mass is 9.97. The van der Waals surface area contributed by atoms with Crippen molar-refractivity contribution < 1.29 is 28.7 Å². The summed E-state index contributed by atoms with van der Waals surface area (Å²) >= 11 is 0. The van der Waals surface area contributed by atoms with Crippen LogP contribution in [0.5, 0.6) is 0 Å². The van der Waals surface area contributed by atoms with E-state index in [1.54, 1.807) is 4.90 Å². The van der Waals surface area contributed by atoms with E-state index in [4.69, 9.17) is 19.4 Å². The fourth-order valence-electron chi connectivity index (χ4n) is 9.12. The van der Waals surface area contributed by atoms with Crippen LogP contribution in [-0.4, -0.2) is 87.1 Å². The van der Waals surface area contributed by atoms with Crippen LogP contribution in [0, 0.1) is 5.92 Å². The van der Waals surface area contributed by atoms with Gasteiger partial charge in [-0.15, -0.1) is 0 Å². The van der Waals surface area contributed by atoms with Crippen molar-refractivity contribution in [2.75, 3.05) is 27.3 Å². The molecular formula is C49H50N8O6. The topological polar surface area (TPSA) is 175 Å². The molecule has 0 radical (unpaired) electrons. The summed E-state index contributed by atoms with van der Waals surface area (Å²) in [6.07, 6.45) is 1.90. The molecule has 322 valence electrons. The number of hydrogen-bond acceptors (Lipinski definition) is 8. The van der Waals surface area contributed by atoms with Crippen LogP contribution in [-0.2, 0) is 19.1 Å². The molecule has 4 unspecified atom stereocenters. The number of nitrogens with zero attached hydrogens (tertiary/aromatic N) is 4. The van der Waals surface area contributed by atoms with E-state index in [2.05, 4.69) is 81.3 Å². The molecule has 0 bridgehead atoms. The van der Waals surface area contributed by atoms with Gasteiger partial charge in [0.25, 0.3) is 5.91 Å². The standard InChI is InChI=1S/C49H50N8O6/c1-28(2)42(54-48(60)62-3)46(58)56-22-8-12-40(56)44-50-36-20-18-34(26-38(36)52-44)32-16-14-31-25-33(17-15-30(31)24-32)35-19-21-37-39(27-35)53-45(51-37)41-13-9-23-57(41)47(59)43(55-49(61)63-4)29-10-6-5-7-11-29/h5-7,10-11,14-21,24-28,40-43H,8-9,12-13,22-23H2,1-4H3,(H,50,52)(H,51,53)(H,54,60)(H,55,61). The fraction of sp³-hybridized carbons (Fsp3) is 0.306. The average Bonchev–Trinajstić information content (AvgIpc) is 4.15. The Kier molecular flexibility index (Phi) is 11.3. The van der Waals surface area contributed by atoms with E-state index in [1.807, 2.05) is 61.2 Å². The number of carbonyl (C=O) groups is 4. The minimum absolute atomic E-state index is 0.111. The van der Waals surface area contributed by atoms with Gasteiger partial charge in [-0.3, -0.25) is 9.59 Å². The maximum absolute atomic E-state index is 14.0. The number of rotatable bonds is 10. The molecule has 5 aromatic carbocycles. The summed E-state index contributed by atoms with van der Waals surface area (Å²) in [4.78, 5) is 72.5. The number of aromatic nitrogens is 4. The van der Waals surface area contributed by atoms with Crippen LogP contribution in [0.4, 0.5) is 9.59 Å². The predicted molar refractivity (Wildman–Crippen MR) is 240 cm³/mol. The summed E-state index contributed by atoms with van der Waals surface area (Å²) in [5.41, 5.74) is 8.31. The van der Waals surface area contributed by atoms with Crippen molar-refractivity contribution in [1.82, 2.24) is 40.4 Å². The van der Waals surface area contributed by atoms with E-state index in [0.29, 0.717) is 24.5 Å². The Bertz CT molecular complexity index is 2850. The Hall–Kier alpha value is -7.22. The van der Waals surface area contributed by atoms with Crippen molar-refractivity contribution in [2.45, 2.75) is 63.7 Å².